The Morgan fingerprint density at radius 2 is 2.54 bits per heavy atom. The summed E-state index contributed by atoms with van der Waals surface area (Å²) in [6, 6.07) is 2.05. The van der Waals surface area contributed by atoms with Crippen molar-refractivity contribution in [3.05, 3.63) is 36.4 Å². The van der Waals surface area contributed by atoms with Crippen LogP contribution in [-0.2, 0) is 13.6 Å². The number of hydrogen-bond donors (Lipinski definition) is 2. The van der Waals surface area contributed by atoms with Crippen molar-refractivity contribution in [3.8, 4) is 0 Å². The second kappa shape index (κ2) is 3.35. The van der Waals surface area contributed by atoms with Gasteiger partial charge in [0.05, 0.1) is 11.9 Å². The Hall–Kier alpha value is -1.71. The summed E-state index contributed by atoms with van der Waals surface area (Å²) in [6.45, 7) is 0.829. The van der Waals surface area contributed by atoms with E-state index in [2.05, 4.69) is 15.4 Å². The number of nitrogens with zero attached hydrogens (tertiary/aromatic N) is 2. The van der Waals surface area contributed by atoms with Crippen LogP contribution in [0.4, 0.5) is 5.69 Å². The normalized spacial score (nSPS) is 10.2. The minimum atomic E-state index is 0.829. The average molecular weight is 176 g/mol. The molecule has 4 nitrogen and oxygen atoms in total. The summed E-state index contributed by atoms with van der Waals surface area (Å²) in [5, 5.41) is 7.33. The van der Waals surface area contributed by atoms with Gasteiger partial charge in [0, 0.05) is 32.2 Å². The molecule has 2 aromatic rings. The Morgan fingerprint density at radius 3 is 3.15 bits per heavy atom. The molecule has 2 rings (SSSR count). The summed E-state index contributed by atoms with van der Waals surface area (Å²) < 4.78 is 1.78. The Morgan fingerprint density at radius 1 is 1.62 bits per heavy atom. The maximum absolute atomic E-state index is 4.06. The number of aryl methyl sites for hydroxylation is 1. The number of anilines is 1. The van der Waals surface area contributed by atoms with Gasteiger partial charge in [-0.05, 0) is 11.6 Å². The first-order valence-corrected chi connectivity index (χ1v) is 4.19. The van der Waals surface area contributed by atoms with Crippen LogP contribution < -0.4 is 5.32 Å². The highest BCUT2D eigenvalue weighted by Crippen LogP contribution is 2.06. The van der Waals surface area contributed by atoms with E-state index in [0.29, 0.717) is 0 Å². The van der Waals surface area contributed by atoms with Crippen LogP contribution in [0.5, 0.6) is 0 Å². The van der Waals surface area contributed by atoms with Gasteiger partial charge in [0.2, 0.25) is 0 Å². The highest BCUT2D eigenvalue weighted by molar-refractivity contribution is 5.38. The van der Waals surface area contributed by atoms with Crippen LogP contribution >= 0.6 is 0 Å². The summed E-state index contributed by atoms with van der Waals surface area (Å²) in [5.41, 5.74) is 2.28. The van der Waals surface area contributed by atoms with Gasteiger partial charge in [0.25, 0.3) is 0 Å². The number of aromatic amines is 1. The van der Waals surface area contributed by atoms with Crippen LogP contribution in [0, 0.1) is 0 Å². The summed E-state index contributed by atoms with van der Waals surface area (Å²) >= 11 is 0. The van der Waals surface area contributed by atoms with Crippen LogP contribution in [0.15, 0.2) is 30.9 Å². The van der Waals surface area contributed by atoms with Crippen molar-refractivity contribution in [1.29, 1.82) is 0 Å². The summed E-state index contributed by atoms with van der Waals surface area (Å²) in [6.07, 6.45) is 7.66. The minimum absolute atomic E-state index is 0.829. The minimum Gasteiger partial charge on any atom is -0.378 e. The highest BCUT2D eigenvalue weighted by atomic mass is 15.3. The molecule has 0 amide bonds. The standard InChI is InChI=1S/C9H12N4/c1-13-7-9(6-12-13)11-5-8-2-3-10-4-8/h2-4,6-7,10-11H,5H2,1H3. The van der Waals surface area contributed by atoms with E-state index in [1.807, 2.05) is 37.9 Å². The van der Waals surface area contributed by atoms with Gasteiger partial charge in [-0.1, -0.05) is 0 Å². The molecule has 0 aliphatic carbocycles. The molecule has 0 spiro atoms. The van der Waals surface area contributed by atoms with Gasteiger partial charge in [0.15, 0.2) is 0 Å². The van der Waals surface area contributed by atoms with Crippen molar-refractivity contribution in [3.63, 3.8) is 0 Å². The molecule has 0 saturated heterocycles. The lowest BCUT2D eigenvalue weighted by Crippen LogP contribution is -1.96. The lowest BCUT2D eigenvalue weighted by atomic mass is 10.3. The van der Waals surface area contributed by atoms with E-state index in [1.165, 1.54) is 5.56 Å². The zero-order chi connectivity index (χ0) is 9.10. The summed E-state index contributed by atoms with van der Waals surface area (Å²) in [7, 11) is 1.90. The van der Waals surface area contributed by atoms with Crippen molar-refractivity contribution < 1.29 is 0 Å². The van der Waals surface area contributed by atoms with E-state index < -0.39 is 0 Å². The predicted molar refractivity (Wildman–Crippen MR) is 51.3 cm³/mol. The number of hydrogen-bond acceptors (Lipinski definition) is 2. The molecule has 0 aliphatic heterocycles. The molecule has 0 bridgehead atoms. The van der Waals surface area contributed by atoms with Gasteiger partial charge >= 0.3 is 0 Å². The van der Waals surface area contributed by atoms with Crippen LogP contribution in [0.2, 0.25) is 0 Å². The quantitative estimate of drug-likeness (QED) is 0.741. The lowest BCUT2D eigenvalue weighted by Gasteiger charge is -1.99. The number of nitrogens with one attached hydrogen (secondary N) is 2. The number of rotatable bonds is 3. The third-order valence-electron chi connectivity index (χ3n) is 1.86. The smallest absolute Gasteiger partial charge is 0.0729 e. The van der Waals surface area contributed by atoms with Gasteiger partial charge in [-0.3, -0.25) is 4.68 Å². The molecular formula is C9H12N4. The van der Waals surface area contributed by atoms with Crippen LogP contribution in [-0.4, -0.2) is 14.8 Å². The first-order chi connectivity index (χ1) is 6.34. The van der Waals surface area contributed by atoms with Gasteiger partial charge in [0.1, 0.15) is 0 Å². The highest BCUT2D eigenvalue weighted by Gasteiger charge is 1.95. The molecule has 0 aliphatic rings. The lowest BCUT2D eigenvalue weighted by molar-refractivity contribution is 0.768. The maximum atomic E-state index is 4.06. The van der Waals surface area contributed by atoms with Gasteiger partial charge in [-0.2, -0.15) is 5.10 Å². The second-order valence-corrected chi connectivity index (χ2v) is 2.98. The van der Waals surface area contributed by atoms with E-state index in [1.54, 1.807) is 4.68 Å². The molecule has 2 N–H and O–H groups in total. The average Bonchev–Trinajstić information content (AvgIpc) is 2.71. The molecule has 13 heavy (non-hydrogen) atoms. The van der Waals surface area contributed by atoms with Gasteiger partial charge in [-0.15, -0.1) is 0 Å². The zero-order valence-corrected chi connectivity index (χ0v) is 7.49. The van der Waals surface area contributed by atoms with E-state index in [-0.39, 0.29) is 0 Å². The molecule has 68 valence electrons. The molecule has 0 atom stereocenters. The largest absolute Gasteiger partial charge is 0.378 e. The molecule has 4 heteroatoms. The first kappa shape index (κ1) is 7.91. The molecule has 0 aromatic carbocycles. The Balaban J connectivity index is 1.93. The molecule has 0 saturated carbocycles. The predicted octanol–water partition coefficient (Wildman–Crippen LogP) is 1.36. The fourth-order valence-electron chi connectivity index (χ4n) is 1.19. The van der Waals surface area contributed by atoms with Crippen molar-refractivity contribution in [2.45, 2.75) is 6.54 Å². The SMILES string of the molecule is Cn1cc(NCc2cc[nH]c2)cn1. The Kier molecular flexibility index (Phi) is 2.04. The summed E-state index contributed by atoms with van der Waals surface area (Å²) in [5.74, 6) is 0. The van der Waals surface area contributed by atoms with Crippen LogP contribution in [0.25, 0.3) is 0 Å². The molecule has 0 fully saturated rings. The van der Waals surface area contributed by atoms with E-state index in [4.69, 9.17) is 0 Å². The van der Waals surface area contributed by atoms with E-state index in [9.17, 15) is 0 Å². The fraction of sp³-hybridized carbons (Fsp3) is 0.222. The van der Waals surface area contributed by atoms with E-state index >= 15 is 0 Å². The van der Waals surface area contributed by atoms with E-state index in [0.717, 1.165) is 12.2 Å². The zero-order valence-electron chi connectivity index (χ0n) is 7.49. The second-order valence-electron chi connectivity index (χ2n) is 2.98. The molecule has 0 unspecified atom stereocenters. The maximum Gasteiger partial charge on any atom is 0.0729 e. The molecule has 0 radical (unpaired) electrons. The van der Waals surface area contributed by atoms with Gasteiger partial charge < -0.3 is 10.3 Å². The first-order valence-electron chi connectivity index (χ1n) is 4.19. The third kappa shape index (κ3) is 1.90. The molecule has 2 aromatic heterocycles. The fourth-order valence-corrected chi connectivity index (χ4v) is 1.19. The topological polar surface area (TPSA) is 45.6 Å². The summed E-state index contributed by atoms with van der Waals surface area (Å²) in [4.78, 5) is 3.01. The van der Waals surface area contributed by atoms with Crippen molar-refractivity contribution in [2.75, 3.05) is 5.32 Å². The Bertz CT molecular complexity index is 361. The molecular weight excluding hydrogens is 164 g/mol. The van der Waals surface area contributed by atoms with Crippen molar-refractivity contribution in [2.24, 2.45) is 7.05 Å². The van der Waals surface area contributed by atoms with Crippen LogP contribution in [0.3, 0.4) is 0 Å². The Labute approximate surface area is 76.6 Å². The third-order valence-corrected chi connectivity index (χ3v) is 1.86. The number of H-pyrrole nitrogens is 1. The van der Waals surface area contributed by atoms with Crippen molar-refractivity contribution in [1.82, 2.24) is 14.8 Å². The van der Waals surface area contributed by atoms with Gasteiger partial charge in [-0.25, -0.2) is 0 Å². The van der Waals surface area contributed by atoms with Crippen LogP contribution in [0.1, 0.15) is 5.56 Å². The monoisotopic (exact) mass is 176 g/mol. The molecule has 2 heterocycles. The number of aromatic nitrogens is 3. The van der Waals surface area contributed by atoms with Crippen molar-refractivity contribution >= 4 is 5.69 Å².